The van der Waals surface area contributed by atoms with Crippen LogP contribution in [-0.4, -0.2) is 41.2 Å². The Hall–Kier alpha value is -1.21. The maximum absolute atomic E-state index is 12.7. The molecule has 7 heteroatoms. The number of ether oxygens (including phenoxy) is 1. The molecule has 9 unspecified atom stereocenters. The second kappa shape index (κ2) is 11.3. The van der Waals surface area contributed by atoms with Gasteiger partial charge in [-0.25, -0.2) is 0 Å². The molecule has 0 bridgehead atoms. The lowest BCUT2D eigenvalue weighted by molar-refractivity contribution is -0.170. The Morgan fingerprint density at radius 2 is 1.87 bits per heavy atom. The van der Waals surface area contributed by atoms with Gasteiger partial charge in [-0.1, -0.05) is 53.9 Å². The number of hydrogen-bond donors (Lipinski definition) is 3. The molecule has 4 saturated carbocycles. The number of fused-ring (bicyclic) bond motifs is 5. The first-order valence-corrected chi connectivity index (χ1v) is 15.7. The normalized spacial score (nSPS) is 42.9. The van der Waals surface area contributed by atoms with Crippen LogP contribution < -0.4 is 10.7 Å². The number of aliphatic hydroxyl groups is 1. The third-order valence-electron chi connectivity index (χ3n) is 11.8. The summed E-state index contributed by atoms with van der Waals surface area (Å²) >= 11 is 5.27. The van der Waals surface area contributed by atoms with E-state index in [0.29, 0.717) is 34.7 Å². The van der Waals surface area contributed by atoms with Crippen LogP contribution in [0.15, 0.2) is 5.10 Å². The standard InChI is InChI=1S/C31H53N3O3S/c1-19(2)9-8-10-20(3)23-11-12-24-27-25(14-15-29(23,24)5)30(6)16-13-22(37-21(4)35)17-31(30,36)26(27)18-33-34-28(38)32-7/h18-20,22-27,36H,8-17H2,1-7H3,(H2,32,34,38)/b33-18+/t20-,22?,23?,24?,25?,26?,27?,29?,30?,31?/m1/s1. The molecule has 0 aromatic heterocycles. The van der Waals surface area contributed by atoms with Crippen LogP contribution in [0.4, 0.5) is 0 Å². The molecule has 0 amide bonds. The Bertz CT molecular complexity index is 911. The van der Waals surface area contributed by atoms with Crippen LogP contribution in [0.1, 0.15) is 106 Å². The van der Waals surface area contributed by atoms with E-state index < -0.39 is 5.60 Å². The highest BCUT2D eigenvalue weighted by molar-refractivity contribution is 7.80. The van der Waals surface area contributed by atoms with Crippen molar-refractivity contribution in [1.29, 1.82) is 0 Å². The lowest BCUT2D eigenvalue weighted by atomic mass is 9.53. The lowest BCUT2D eigenvalue weighted by Gasteiger charge is -2.52. The van der Waals surface area contributed by atoms with Crippen molar-refractivity contribution in [1.82, 2.24) is 10.7 Å². The molecule has 0 saturated heterocycles. The number of hydrogen-bond acceptors (Lipinski definition) is 5. The number of nitrogens with zero attached hydrogens (tertiary/aromatic N) is 1. The number of rotatable bonds is 8. The lowest BCUT2D eigenvalue weighted by Crippen LogP contribution is -2.55. The van der Waals surface area contributed by atoms with Gasteiger partial charge in [-0.2, -0.15) is 5.10 Å². The monoisotopic (exact) mass is 547 g/mol. The molecule has 4 aliphatic rings. The Balaban J connectivity index is 1.65. The topological polar surface area (TPSA) is 83.0 Å². The first-order chi connectivity index (χ1) is 17.9. The highest BCUT2D eigenvalue weighted by Gasteiger charge is 2.72. The second-order valence-corrected chi connectivity index (χ2v) is 14.5. The molecule has 3 N–H and O–H groups in total. The molecule has 0 heterocycles. The van der Waals surface area contributed by atoms with Crippen LogP contribution in [0.3, 0.4) is 0 Å². The van der Waals surface area contributed by atoms with Crippen LogP contribution in [0.25, 0.3) is 0 Å². The highest BCUT2D eigenvalue weighted by atomic mass is 32.1. The Morgan fingerprint density at radius 1 is 1.13 bits per heavy atom. The minimum Gasteiger partial charge on any atom is -0.462 e. The third-order valence-corrected chi connectivity index (χ3v) is 12.1. The Morgan fingerprint density at radius 3 is 2.53 bits per heavy atom. The Labute approximate surface area is 236 Å². The van der Waals surface area contributed by atoms with E-state index in [1.54, 1.807) is 7.05 Å². The van der Waals surface area contributed by atoms with Crippen molar-refractivity contribution >= 4 is 29.5 Å². The van der Waals surface area contributed by atoms with Crippen molar-refractivity contribution in [2.24, 2.45) is 57.4 Å². The van der Waals surface area contributed by atoms with Gasteiger partial charge in [0.05, 0.1) is 5.60 Å². The summed E-state index contributed by atoms with van der Waals surface area (Å²) in [5, 5.41) is 20.6. The summed E-state index contributed by atoms with van der Waals surface area (Å²) in [6.45, 7) is 13.5. The molecule has 216 valence electrons. The molecule has 4 fully saturated rings. The number of esters is 1. The summed E-state index contributed by atoms with van der Waals surface area (Å²) in [5.74, 6) is 3.29. The fraction of sp³-hybridized carbons (Fsp3) is 0.903. The molecule has 10 atom stereocenters. The van der Waals surface area contributed by atoms with E-state index in [1.165, 1.54) is 45.4 Å². The van der Waals surface area contributed by atoms with Crippen LogP contribution in [0, 0.1) is 52.3 Å². The van der Waals surface area contributed by atoms with Crippen molar-refractivity contribution in [3.8, 4) is 0 Å². The average molecular weight is 548 g/mol. The quantitative estimate of drug-likeness (QED) is 0.148. The molecule has 0 aliphatic heterocycles. The van der Waals surface area contributed by atoms with E-state index in [2.05, 4.69) is 50.5 Å². The summed E-state index contributed by atoms with van der Waals surface area (Å²) in [4.78, 5) is 11.8. The summed E-state index contributed by atoms with van der Waals surface area (Å²) < 4.78 is 5.69. The first-order valence-electron chi connectivity index (χ1n) is 15.3. The van der Waals surface area contributed by atoms with E-state index in [9.17, 15) is 9.90 Å². The second-order valence-electron chi connectivity index (χ2n) is 14.1. The van der Waals surface area contributed by atoms with Gasteiger partial charge in [0, 0.05) is 37.9 Å². The number of carbonyl (C=O) groups is 1. The maximum Gasteiger partial charge on any atom is 0.302 e. The summed E-state index contributed by atoms with van der Waals surface area (Å²) in [6.07, 6.45) is 12.8. The molecule has 6 nitrogen and oxygen atoms in total. The van der Waals surface area contributed by atoms with Crippen LogP contribution in [0.2, 0.25) is 0 Å². The Kier molecular flexibility index (Phi) is 8.89. The van der Waals surface area contributed by atoms with Gasteiger partial charge in [0.25, 0.3) is 0 Å². The zero-order valence-electron chi connectivity index (χ0n) is 24.9. The van der Waals surface area contributed by atoms with Crippen molar-refractivity contribution in [2.75, 3.05) is 7.05 Å². The van der Waals surface area contributed by atoms with Gasteiger partial charge in [0.2, 0.25) is 0 Å². The van der Waals surface area contributed by atoms with Crippen molar-refractivity contribution in [3.63, 3.8) is 0 Å². The van der Waals surface area contributed by atoms with Crippen molar-refractivity contribution < 1.29 is 14.6 Å². The zero-order chi connectivity index (χ0) is 27.9. The predicted octanol–water partition coefficient (Wildman–Crippen LogP) is 6.07. The summed E-state index contributed by atoms with van der Waals surface area (Å²) in [5.41, 5.74) is 2.07. The minimum atomic E-state index is -0.959. The number of nitrogens with one attached hydrogen (secondary N) is 2. The molecule has 4 aliphatic carbocycles. The van der Waals surface area contributed by atoms with Gasteiger partial charge in [0.1, 0.15) is 6.10 Å². The van der Waals surface area contributed by atoms with Gasteiger partial charge in [0.15, 0.2) is 5.11 Å². The van der Waals surface area contributed by atoms with E-state index in [-0.39, 0.29) is 23.4 Å². The molecule has 0 radical (unpaired) electrons. The number of carbonyl (C=O) groups excluding carboxylic acids is 1. The summed E-state index contributed by atoms with van der Waals surface area (Å²) in [6, 6.07) is 0. The van der Waals surface area contributed by atoms with Gasteiger partial charge in [-0.3, -0.25) is 10.2 Å². The van der Waals surface area contributed by atoms with Crippen molar-refractivity contribution in [2.45, 2.75) is 117 Å². The van der Waals surface area contributed by atoms with Gasteiger partial charge < -0.3 is 15.2 Å². The summed E-state index contributed by atoms with van der Waals surface area (Å²) in [7, 11) is 1.78. The van der Waals surface area contributed by atoms with E-state index in [1.807, 2.05) is 6.21 Å². The molecule has 0 aromatic carbocycles. The van der Waals surface area contributed by atoms with E-state index in [0.717, 1.165) is 37.0 Å². The van der Waals surface area contributed by atoms with E-state index in [4.69, 9.17) is 17.0 Å². The van der Waals surface area contributed by atoms with Crippen molar-refractivity contribution in [3.05, 3.63) is 0 Å². The SMILES string of the molecule is CNC(=S)N/N=C/C1C2C3CCC([C@H](C)CCCC(C)C)C3(C)CCC2C2(C)CCC(OC(C)=O)CC12O. The fourth-order valence-corrected chi connectivity index (χ4v) is 10.0. The molecule has 38 heavy (non-hydrogen) atoms. The van der Waals surface area contributed by atoms with Crippen LogP contribution >= 0.6 is 12.2 Å². The smallest absolute Gasteiger partial charge is 0.302 e. The largest absolute Gasteiger partial charge is 0.462 e. The third kappa shape index (κ3) is 5.15. The zero-order valence-corrected chi connectivity index (χ0v) is 25.7. The first kappa shape index (κ1) is 29.8. The molecule has 4 rings (SSSR count). The average Bonchev–Trinajstić information content (AvgIpc) is 3.28. The highest BCUT2D eigenvalue weighted by Crippen LogP contribution is 2.73. The molecular formula is C31H53N3O3S. The van der Waals surface area contributed by atoms with Gasteiger partial charge in [-0.15, -0.1) is 0 Å². The molecule has 0 aromatic rings. The molecular weight excluding hydrogens is 494 g/mol. The van der Waals surface area contributed by atoms with Gasteiger partial charge >= 0.3 is 5.97 Å². The van der Waals surface area contributed by atoms with E-state index >= 15 is 0 Å². The molecule has 0 spiro atoms. The fourth-order valence-electron chi connectivity index (χ4n) is 9.95. The van der Waals surface area contributed by atoms with Gasteiger partial charge in [-0.05, 0) is 91.7 Å². The predicted molar refractivity (Wildman–Crippen MR) is 158 cm³/mol. The number of hydrazone groups is 1. The number of thiocarbonyl (C=S) groups is 1. The minimum absolute atomic E-state index is 0.0948. The maximum atomic E-state index is 12.7. The van der Waals surface area contributed by atoms with Crippen LogP contribution in [0.5, 0.6) is 0 Å². The van der Waals surface area contributed by atoms with Crippen LogP contribution in [-0.2, 0) is 9.53 Å².